The second kappa shape index (κ2) is 7.43. The van der Waals surface area contributed by atoms with Crippen LogP contribution in [0.2, 0.25) is 0 Å². The summed E-state index contributed by atoms with van der Waals surface area (Å²) in [5.74, 6) is 6.53. The van der Waals surface area contributed by atoms with E-state index >= 15 is 0 Å². The summed E-state index contributed by atoms with van der Waals surface area (Å²) in [6, 6.07) is 7.19. The lowest BCUT2D eigenvalue weighted by Crippen LogP contribution is -2.26. The summed E-state index contributed by atoms with van der Waals surface area (Å²) < 4.78 is 0. The van der Waals surface area contributed by atoms with Crippen LogP contribution in [-0.2, 0) is 4.79 Å². The molecule has 1 amide bonds. The van der Waals surface area contributed by atoms with Crippen LogP contribution in [0.25, 0.3) is 0 Å². The molecule has 0 aliphatic heterocycles. The average Bonchev–Trinajstić information content (AvgIpc) is 2.37. The van der Waals surface area contributed by atoms with Crippen molar-refractivity contribution >= 4 is 17.8 Å². The van der Waals surface area contributed by atoms with Gasteiger partial charge in [-0.25, -0.2) is 5.84 Å². The van der Waals surface area contributed by atoms with Gasteiger partial charge in [-0.15, -0.1) is 0 Å². The lowest BCUT2D eigenvalue weighted by Gasteiger charge is -2.16. The van der Waals surface area contributed by atoms with Crippen molar-refractivity contribution in [2.75, 3.05) is 10.3 Å². The van der Waals surface area contributed by atoms with E-state index < -0.39 is 0 Å². The van der Waals surface area contributed by atoms with Crippen LogP contribution in [0.1, 0.15) is 26.7 Å². The fraction of sp³-hybridized carbons (Fsp3) is 0.357. The molecule has 5 nitrogen and oxygen atoms in total. The molecule has 0 fully saturated rings. The first-order valence-electron chi connectivity index (χ1n) is 6.33. The number of benzene rings is 1. The van der Waals surface area contributed by atoms with Crippen LogP contribution < -0.4 is 21.9 Å². The number of nitrogens with one attached hydrogen (secondary N) is 1. The van der Waals surface area contributed by atoms with Gasteiger partial charge >= 0.3 is 0 Å². The van der Waals surface area contributed by atoms with Crippen LogP contribution in [0.15, 0.2) is 36.2 Å². The van der Waals surface area contributed by atoms with Crippen molar-refractivity contribution in [3.63, 3.8) is 0 Å². The van der Waals surface area contributed by atoms with Crippen LogP contribution in [-0.4, -0.2) is 6.41 Å². The van der Waals surface area contributed by atoms with Crippen LogP contribution in [0.4, 0.5) is 11.4 Å². The SMILES string of the molecule is CC(C)CC/C(N)=C/N(N)c1ccc(NC=O)cc1. The van der Waals surface area contributed by atoms with Crippen molar-refractivity contribution in [2.45, 2.75) is 26.7 Å². The Balaban J connectivity index is 2.63. The molecule has 1 rings (SSSR count). The van der Waals surface area contributed by atoms with Gasteiger partial charge in [-0.2, -0.15) is 0 Å². The monoisotopic (exact) mass is 262 g/mol. The summed E-state index contributed by atoms with van der Waals surface area (Å²) in [6.07, 6.45) is 4.23. The average molecular weight is 262 g/mol. The van der Waals surface area contributed by atoms with Crippen molar-refractivity contribution in [3.8, 4) is 0 Å². The number of nitrogens with two attached hydrogens (primary N) is 2. The highest BCUT2D eigenvalue weighted by Crippen LogP contribution is 2.16. The van der Waals surface area contributed by atoms with E-state index in [-0.39, 0.29) is 0 Å². The minimum Gasteiger partial charge on any atom is -0.401 e. The number of allylic oxidation sites excluding steroid dienone is 1. The predicted octanol–water partition coefficient (Wildman–Crippen LogP) is 2.17. The number of anilines is 2. The molecule has 0 spiro atoms. The fourth-order valence-corrected chi connectivity index (χ4v) is 1.57. The van der Waals surface area contributed by atoms with Crippen LogP contribution >= 0.6 is 0 Å². The summed E-state index contributed by atoms with van der Waals surface area (Å²) in [7, 11) is 0. The first-order chi connectivity index (χ1) is 9.02. The Morgan fingerprint density at radius 1 is 1.37 bits per heavy atom. The normalized spacial score (nSPS) is 11.5. The topological polar surface area (TPSA) is 84.4 Å². The maximum Gasteiger partial charge on any atom is 0.211 e. The lowest BCUT2D eigenvalue weighted by molar-refractivity contribution is -0.105. The molecule has 0 saturated heterocycles. The number of carbonyl (C=O) groups is 1. The molecule has 0 atom stereocenters. The molecular weight excluding hydrogens is 240 g/mol. The zero-order valence-corrected chi connectivity index (χ0v) is 11.5. The van der Waals surface area contributed by atoms with Crippen molar-refractivity contribution in [2.24, 2.45) is 17.5 Å². The quantitative estimate of drug-likeness (QED) is 0.399. The Bertz CT molecular complexity index is 426. The van der Waals surface area contributed by atoms with Crippen LogP contribution in [0.3, 0.4) is 0 Å². The molecule has 1 aromatic rings. The lowest BCUT2D eigenvalue weighted by atomic mass is 10.1. The van der Waals surface area contributed by atoms with Gasteiger partial charge in [0, 0.05) is 17.6 Å². The van der Waals surface area contributed by atoms with Crippen molar-refractivity contribution in [1.29, 1.82) is 0 Å². The number of hydrazine groups is 1. The van der Waals surface area contributed by atoms with Crippen LogP contribution in [0.5, 0.6) is 0 Å². The van der Waals surface area contributed by atoms with E-state index in [1.165, 1.54) is 5.01 Å². The zero-order valence-electron chi connectivity index (χ0n) is 11.5. The summed E-state index contributed by atoms with van der Waals surface area (Å²) in [4.78, 5) is 10.3. The highest BCUT2D eigenvalue weighted by molar-refractivity contribution is 5.72. The third-order valence-corrected chi connectivity index (χ3v) is 2.71. The second-order valence-electron chi connectivity index (χ2n) is 4.85. The van der Waals surface area contributed by atoms with Crippen molar-refractivity contribution < 1.29 is 4.79 Å². The van der Waals surface area contributed by atoms with Gasteiger partial charge in [-0.1, -0.05) is 13.8 Å². The third-order valence-electron chi connectivity index (χ3n) is 2.71. The number of hydrogen-bond donors (Lipinski definition) is 3. The fourth-order valence-electron chi connectivity index (χ4n) is 1.57. The number of hydrogen-bond acceptors (Lipinski definition) is 4. The molecule has 0 aliphatic rings. The Morgan fingerprint density at radius 3 is 2.53 bits per heavy atom. The van der Waals surface area contributed by atoms with Gasteiger partial charge in [0.15, 0.2) is 0 Å². The number of rotatable bonds is 7. The Morgan fingerprint density at radius 2 is 2.00 bits per heavy atom. The summed E-state index contributed by atoms with van der Waals surface area (Å²) in [5.41, 5.74) is 8.21. The predicted molar refractivity (Wildman–Crippen MR) is 79.1 cm³/mol. The van der Waals surface area contributed by atoms with Gasteiger partial charge in [0.1, 0.15) is 0 Å². The minimum atomic E-state index is 0.617. The molecular formula is C14H22N4O. The highest BCUT2D eigenvalue weighted by Gasteiger charge is 2.01. The molecule has 5 heteroatoms. The van der Waals surface area contributed by atoms with Gasteiger partial charge in [-0.05, 0) is 43.0 Å². The summed E-state index contributed by atoms with van der Waals surface area (Å²) >= 11 is 0. The van der Waals surface area contributed by atoms with E-state index in [0.29, 0.717) is 12.3 Å². The van der Waals surface area contributed by atoms with E-state index in [4.69, 9.17) is 11.6 Å². The first kappa shape index (κ1) is 15.0. The Labute approximate surface area is 114 Å². The smallest absolute Gasteiger partial charge is 0.211 e. The van der Waals surface area contributed by atoms with Crippen LogP contribution in [0, 0.1) is 5.92 Å². The maximum absolute atomic E-state index is 10.3. The number of amides is 1. The van der Waals surface area contributed by atoms with Crippen molar-refractivity contribution in [3.05, 3.63) is 36.2 Å². The zero-order chi connectivity index (χ0) is 14.3. The Hall–Kier alpha value is -2.01. The summed E-state index contributed by atoms with van der Waals surface area (Å²) in [5, 5.41) is 4.05. The molecule has 104 valence electrons. The van der Waals surface area contributed by atoms with Gasteiger partial charge in [0.25, 0.3) is 0 Å². The second-order valence-corrected chi connectivity index (χ2v) is 4.85. The number of nitrogens with zero attached hydrogens (tertiary/aromatic N) is 1. The third kappa shape index (κ3) is 5.44. The molecule has 0 saturated carbocycles. The molecule has 0 aliphatic carbocycles. The van der Waals surface area contributed by atoms with E-state index in [1.54, 1.807) is 18.3 Å². The minimum absolute atomic E-state index is 0.617. The summed E-state index contributed by atoms with van der Waals surface area (Å²) in [6.45, 7) is 4.32. The molecule has 19 heavy (non-hydrogen) atoms. The van der Waals surface area contributed by atoms with Gasteiger partial charge in [-0.3, -0.25) is 9.80 Å². The van der Waals surface area contributed by atoms with Gasteiger partial charge in [0.2, 0.25) is 6.41 Å². The van der Waals surface area contributed by atoms with E-state index in [0.717, 1.165) is 29.9 Å². The van der Waals surface area contributed by atoms with E-state index in [2.05, 4.69) is 19.2 Å². The molecule has 0 aromatic heterocycles. The van der Waals surface area contributed by atoms with Gasteiger partial charge < -0.3 is 11.1 Å². The standard InChI is InChI=1S/C14H22N4O/c1-11(2)3-4-12(15)9-18(16)14-7-5-13(6-8-14)17-10-19/h5-11H,3-4,15-16H2,1-2H3,(H,17,19)/b12-9-. The highest BCUT2D eigenvalue weighted by atomic mass is 16.1. The Kier molecular flexibility index (Phi) is 5.89. The molecule has 0 unspecified atom stereocenters. The number of carbonyl (C=O) groups excluding carboxylic acids is 1. The first-order valence-corrected chi connectivity index (χ1v) is 6.33. The molecule has 5 N–H and O–H groups in total. The van der Waals surface area contributed by atoms with Crippen molar-refractivity contribution in [1.82, 2.24) is 0 Å². The molecule has 0 bridgehead atoms. The molecule has 0 heterocycles. The molecule has 1 aromatic carbocycles. The van der Waals surface area contributed by atoms with Gasteiger partial charge in [0.05, 0.1) is 5.69 Å². The van der Waals surface area contributed by atoms with E-state index in [9.17, 15) is 4.79 Å². The molecule has 0 radical (unpaired) electrons. The van der Waals surface area contributed by atoms with E-state index in [1.807, 2.05) is 12.1 Å². The largest absolute Gasteiger partial charge is 0.401 e. The maximum atomic E-state index is 10.3.